The van der Waals surface area contributed by atoms with Gasteiger partial charge in [-0.05, 0) is 43.5 Å². The van der Waals surface area contributed by atoms with Crippen molar-refractivity contribution in [1.29, 1.82) is 5.26 Å². The Kier molecular flexibility index (Phi) is 4.47. The molecule has 2 aromatic rings. The number of aryl methyl sites for hydroxylation is 2. The minimum atomic E-state index is 0.0492. The average molecular weight is 297 g/mol. The van der Waals surface area contributed by atoms with Gasteiger partial charge >= 0.3 is 0 Å². The van der Waals surface area contributed by atoms with Gasteiger partial charge in [0.2, 0.25) is 5.95 Å². The zero-order chi connectivity index (χ0) is 16.3. The van der Waals surface area contributed by atoms with E-state index in [0.717, 1.165) is 28.9 Å². The Labute approximate surface area is 129 Å². The first-order valence-corrected chi connectivity index (χ1v) is 7.05. The van der Waals surface area contributed by atoms with Crippen LogP contribution in [0.4, 0.5) is 11.8 Å². The van der Waals surface area contributed by atoms with Crippen molar-refractivity contribution < 1.29 is 4.74 Å². The summed E-state index contributed by atoms with van der Waals surface area (Å²) in [6, 6.07) is 5.87. The number of hydrogen-bond acceptors (Lipinski definition) is 6. The Balaban J connectivity index is 2.58. The van der Waals surface area contributed by atoms with Crippen molar-refractivity contribution >= 4 is 11.8 Å². The molecular formula is C16H19N5O. The molecule has 1 heterocycles. The molecule has 0 saturated carbocycles. The zero-order valence-electron chi connectivity index (χ0n) is 13.0. The number of nitrogens with zero attached hydrogens (tertiary/aromatic N) is 3. The van der Waals surface area contributed by atoms with Gasteiger partial charge in [-0.1, -0.05) is 6.92 Å². The van der Waals surface area contributed by atoms with Gasteiger partial charge in [0.25, 0.3) is 0 Å². The molecule has 4 N–H and O–H groups in total. The zero-order valence-corrected chi connectivity index (χ0v) is 13.0. The third-order valence-electron chi connectivity index (χ3n) is 3.25. The van der Waals surface area contributed by atoms with E-state index in [4.69, 9.17) is 16.2 Å². The number of benzene rings is 1. The standard InChI is InChI=1S/C16H19N5O/c1-4-5-22-14-9(2)6-11(7-10(14)3)13-12(8-17)15(18)21-16(19)20-13/h6-7H,4-5H2,1-3H3,(H4,18,19,20,21). The minimum absolute atomic E-state index is 0.0492. The van der Waals surface area contributed by atoms with Gasteiger partial charge in [-0.25, -0.2) is 4.98 Å². The SMILES string of the molecule is CCCOc1c(C)cc(-c2nc(N)nc(N)c2C#N)cc1C. The molecule has 0 bridgehead atoms. The molecule has 22 heavy (non-hydrogen) atoms. The third-order valence-corrected chi connectivity index (χ3v) is 3.25. The molecular weight excluding hydrogens is 278 g/mol. The van der Waals surface area contributed by atoms with Gasteiger partial charge in [-0.15, -0.1) is 0 Å². The first-order chi connectivity index (χ1) is 10.5. The fourth-order valence-corrected chi connectivity index (χ4v) is 2.33. The minimum Gasteiger partial charge on any atom is -0.493 e. The molecule has 0 aliphatic rings. The van der Waals surface area contributed by atoms with Gasteiger partial charge in [-0.2, -0.15) is 10.2 Å². The normalized spacial score (nSPS) is 10.3. The summed E-state index contributed by atoms with van der Waals surface area (Å²) in [6.45, 7) is 6.64. The number of rotatable bonds is 4. The summed E-state index contributed by atoms with van der Waals surface area (Å²) in [4.78, 5) is 8.00. The van der Waals surface area contributed by atoms with Crippen molar-refractivity contribution in [3.05, 3.63) is 28.8 Å². The van der Waals surface area contributed by atoms with Crippen molar-refractivity contribution in [3.63, 3.8) is 0 Å². The van der Waals surface area contributed by atoms with Gasteiger partial charge < -0.3 is 16.2 Å². The van der Waals surface area contributed by atoms with Crippen LogP contribution in [-0.2, 0) is 0 Å². The molecule has 0 atom stereocenters. The lowest BCUT2D eigenvalue weighted by Gasteiger charge is -2.14. The predicted octanol–water partition coefficient (Wildman–Crippen LogP) is 2.59. The quantitative estimate of drug-likeness (QED) is 0.897. The summed E-state index contributed by atoms with van der Waals surface area (Å²) in [5.74, 6) is 0.999. The lowest BCUT2D eigenvalue weighted by Crippen LogP contribution is -2.05. The number of nitriles is 1. The van der Waals surface area contributed by atoms with Crippen LogP contribution in [0.2, 0.25) is 0 Å². The van der Waals surface area contributed by atoms with Crippen LogP contribution in [0.5, 0.6) is 5.75 Å². The van der Waals surface area contributed by atoms with Crippen LogP contribution >= 0.6 is 0 Å². The molecule has 114 valence electrons. The number of anilines is 2. The van der Waals surface area contributed by atoms with Crippen LogP contribution in [0.3, 0.4) is 0 Å². The van der Waals surface area contributed by atoms with Crippen molar-refractivity contribution in [2.24, 2.45) is 0 Å². The van der Waals surface area contributed by atoms with Crippen LogP contribution in [0.15, 0.2) is 12.1 Å². The van der Waals surface area contributed by atoms with Crippen LogP contribution in [0.1, 0.15) is 30.0 Å². The fraction of sp³-hybridized carbons (Fsp3) is 0.312. The van der Waals surface area contributed by atoms with Crippen LogP contribution < -0.4 is 16.2 Å². The van der Waals surface area contributed by atoms with E-state index in [1.807, 2.05) is 32.0 Å². The Morgan fingerprint density at radius 1 is 1.18 bits per heavy atom. The van der Waals surface area contributed by atoms with E-state index >= 15 is 0 Å². The van der Waals surface area contributed by atoms with E-state index in [9.17, 15) is 5.26 Å². The Bertz CT molecular complexity index is 726. The summed E-state index contributed by atoms with van der Waals surface area (Å²) in [7, 11) is 0. The number of nitrogens with two attached hydrogens (primary N) is 2. The highest BCUT2D eigenvalue weighted by Gasteiger charge is 2.15. The molecule has 2 rings (SSSR count). The van der Waals surface area contributed by atoms with E-state index < -0.39 is 0 Å². The highest BCUT2D eigenvalue weighted by atomic mass is 16.5. The maximum Gasteiger partial charge on any atom is 0.222 e. The lowest BCUT2D eigenvalue weighted by atomic mass is 10.0. The largest absolute Gasteiger partial charge is 0.493 e. The predicted molar refractivity (Wildman–Crippen MR) is 86.3 cm³/mol. The Hall–Kier alpha value is -2.81. The molecule has 0 aliphatic heterocycles. The maximum absolute atomic E-state index is 9.29. The van der Waals surface area contributed by atoms with Gasteiger partial charge in [0.1, 0.15) is 23.2 Å². The second kappa shape index (κ2) is 6.31. The second-order valence-corrected chi connectivity index (χ2v) is 5.09. The van der Waals surface area contributed by atoms with E-state index in [1.165, 1.54) is 0 Å². The molecule has 6 nitrogen and oxygen atoms in total. The number of hydrogen-bond donors (Lipinski definition) is 2. The van der Waals surface area contributed by atoms with E-state index in [-0.39, 0.29) is 17.3 Å². The van der Waals surface area contributed by atoms with Crippen molar-refractivity contribution in [1.82, 2.24) is 9.97 Å². The van der Waals surface area contributed by atoms with Gasteiger partial charge in [0, 0.05) is 5.56 Å². The summed E-state index contributed by atoms with van der Waals surface area (Å²) < 4.78 is 5.76. The fourth-order valence-electron chi connectivity index (χ4n) is 2.33. The molecule has 0 saturated heterocycles. The van der Waals surface area contributed by atoms with E-state index in [0.29, 0.717) is 12.3 Å². The molecule has 0 amide bonds. The highest BCUT2D eigenvalue weighted by Crippen LogP contribution is 2.32. The Morgan fingerprint density at radius 3 is 2.36 bits per heavy atom. The van der Waals surface area contributed by atoms with E-state index in [2.05, 4.69) is 16.9 Å². The first-order valence-electron chi connectivity index (χ1n) is 7.05. The number of aromatic nitrogens is 2. The van der Waals surface area contributed by atoms with Crippen molar-refractivity contribution in [2.45, 2.75) is 27.2 Å². The van der Waals surface area contributed by atoms with Crippen LogP contribution in [0.25, 0.3) is 11.3 Å². The van der Waals surface area contributed by atoms with Crippen LogP contribution in [0, 0.1) is 25.2 Å². The molecule has 6 heteroatoms. The molecule has 1 aromatic carbocycles. The van der Waals surface area contributed by atoms with Crippen LogP contribution in [-0.4, -0.2) is 16.6 Å². The second-order valence-electron chi connectivity index (χ2n) is 5.09. The average Bonchev–Trinajstić information content (AvgIpc) is 2.45. The summed E-state index contributed by atoms with van der Waals surface area (Å²) in [5.41, 5.74) is 14.8. The first kappa shape index (κ1) is 15.6. The third kappa shape index (κ3) is 2.93. The lowest BCUT2D eigenvalue weighted by molar-refractivity contribution is 0.313. The molecule has 1 aromatic heterocycles. The summed E-state index contributed by atoms with van der Waals surface area (Å²) >= 11 is 0. The monoisotopic (exact) mass is 297 g/mol. The molecule has 0 aliphatic carbocycles. The highest BCUT2D eigenvalue weighted by molar-refractivity contribution is 5.74. The summed E-state index contributed by atoms with van der Waals surface area (Å²) in [5, 5.41) is 9.29. The topological polar surface area (TPSA) is 111 Å². The number of nitrogen functional groups attached to an aromatic ring is 2. The number of ether oxygens (including phenoxy) is 1. The van der Waals surface area contributed by atoms with Gasteiger partial charge in [0.05, 0.1) is 12.3 Å². The Morgan fingerprint density at radius 2 is 1.82 bits per heavy atom. The molecule has 0 radical (unpaired) electrons. The van der Waals surface area contributed by atoms with Gasteiger partial charge in [-0.3, -0.25) is 0 Å². The van der Waals surface area contributed by atoms with Crippen molar-refractivity contribution in [2.75, 3.05) is 18.1 Å². The molecule has 0 spiro atoms. The van der Waals surface area contributed by atoms with Gasteiger partial charge in [0.15, 0.2) is 0 Å². The maximum atomic E-state index is 9.29. The van der Waals surface area contributed by atoms with E-state index in [1.54, 1.807) is 0 Å². The smallest absolute Gasteiger partial charge is 0.222 e. The molecule has 0 unspecified atom stereocenters. The van der Waals surface area contributed by atoms with Crippen molar-refractivity contribution in [3.8, 4) is 23.1 Å². The molecule has 0 fully saturated rings. The summed E-state index contributed by atoms with van der Waals surface area (Å²) in [6.07, 6.45) is 0.943.